The Balaban J connectivity index is 1.26. The third-order valence-corrected chi connectivity index (χ3v) is 18.1. The summed E-state index contributed by atoms with van der Waals surface area (Å²) in [4.78, 5) is 132. The zero-order valence-corrected chi connectivity index (χ0v) is 55.7. The van der Waals surface area contributed by atoms with Gasteiger partial charge in [0.15, 0.2) is 29.6 Å². The highest BCUT2D eigenvalue weighted by atomic mass is 35.5. The molecule has 5 aromatic rings. The molecule has 20 N–H and O–H groups in total. The molecule has 2 saturated heterocycles. The van der Waals surface area contributed by atoms with Gasteiger partial charge in [-0.1, -0.05) is 55.2 Å². The molecule has 11 bridgehead atoms. The summed E-state index contributed by atoms with van der Waals surface area (Å²) in [5.74, 6) is -16.7. The van der Waals surface area contributed by atoms with Crippen molar-refractivity contribution in [2.24, 2.45) is 17.4 Å². The molecule has 540 valence electrons. The molecule has 0 radical (unpaired) electrons. The first-order valence-electron chi connectivity index (χ1n) is 31.5. The molecule has 33 nitrogen and oxygen atoms in total. The second-order valence-electron chi connectivity index (χ2n) is 25.5. The lowest BCUT2D eigenvalue weighted by atomic mass is 9.88. The van der Waals surface area contributed by atoms with E-state index in [0.29, 0.717) is 0 Å². The number of hydrogen-bond donors (Lipinski definition) is 18. The number of amides is 7. The number of benzene rings is 5. The normalized spacial score (nSPS) is 28.7. The highest BCUT2D eigenvalue weighted by Crippen LogP contribution is 2.50. The molecule has 7 heterocycles. The van der Waals surface area contributed by atoms with Gasteiger partial charge in [-0.05, 0) is 110 Å². The predicted molar refractivity (Wildman–Crippen MR) is 348 cm³/mol. The first kappa shape index (κ1) is 74.2. The van der Waals surface area contributed by atoms with Crippen molar-refractivity contribution in [1.29, 1.82) is 0 Å². The number of carboxylic acid groups (broad SMARTS) is 1. The number of rotatable bonds is 13. The van der Waals surface area contributed by atoms with Crippen molar-refractivity contribution in [2.75, 3.05) is 13.7 Å². The van der Waals surface area contributed by atoms with E-state index in [0.717, 1.165) is 60.7 Å². The summed E-state index contributed by atoms with van der Waals surface area (Å²) >= 11 is 14.2. The first-order chi connectivity index (χ1) is 47.7. The number of nitrogens with one attached hydrogen (secondary N) is 7. The zero-order chi connectivity index (χ0) is 73.5. The molecular weight excluding hydrogens is 1370 g/mol. The van der Waals surface area contributed by atoms with Crippen molar-refractivity contribution in [3.05, 3.63) is 117 Å². The van der Waals surface area contributed by atoms with Gasteiger partial charge in [-0.2, -0.15) is 0 Å². The van der Waals surface area contributed by atoms with Crippen molar-refractivity contribution in [1.82, 2.24) is 37.2 Å². The standard InChI is InChI=1S/C66H73Cl2N9O24/c1-23(2)12-34(71-5)58(88)76-49-51(83)26-7-10-38(32(67)14-26)97-40-16-28-17-41(56(40)101-65-54(86)53(85)52(84)42(22-78)99-65)98-39-11-8-27(15-33(39)68)55(100-44-21-66(4,70)57(87)24(3)96-44)50-63(93)75-48(64(94)95)31-18-29(79)19-37(81)45(31)30-13-25(6-9-36(30)80)46(60(90)77-50)74-61(91)47(28)73-59(89)35(20-43(69)82)72-62(49)92/h6-11,13-19,23-24,34-35,42,44,46-55,65,71,78-81,83-86H,12,20-22,70H2,1-5H3,(H2,69,82)(H,72,92)(H,73,89)(H,74,91)(H,75,93)(H,76,88)(H,77,90)(H,94,95)/t24-,34+,35-,42+,44-,46+,47-,48-,49-,50?,51-,52+,53+,54-,55-,65+,66-/m1/s1. The Bertz CT molecular complexity index is 4130. The lowest BCUT2D eigenvalue weighted by Gasteiger charge is -2.40. The van der Waals surface area contributed by atoms with Crippen LogP contribution in [0.4, 0.5) is 0 Å². The fraction of sp³-hybridized carbons (Fsp3) is 0.409. The number of hydrogen-bond acceptors (Lipinski definition) is 25. The van der Waals surface area contributed by atoms with Gasteiger partial charge < -0.3 is 123 Å². The highest BCUT2D eigenvalue weighted by Gasteiger charge is 2.49. The van der Waals surface area contributed by atoms with Crippen molar-refractivity contribution in [3.8, 4) is 57.1 Å². The molecule has 2 fully saturated rings. The molecule has 0 spiro atoms. The molecule has 7 aliphatic heterocycles. The number of nitrogens with two attached hydrogens (primary N) is 2. The zero-order valence-electron chi connectivity index (χ0n) is 54.2. The molecule has 101 heavy (non-hydrogen) atoms. The number of carboxylic acids is 1. The van der Waals surface area contributed by atoms with Crippen molar-refractivity contribution in [2.45, 2.75) is 150 Å². The fourth-order valence-electron chi connectivity index (χ4n) is 12.4. The molecule has 7 aliphatic rings. The average molecular weight is 1450 g/mol. The fourth-order valence-corrected chi connectivity index (χ4v) is 12.8. The van der Waals surface area contributed by atoms with Gasteiger partial charge in [-0.3, -0.25) is 38.4 Å². The third kappa shape index (κ3) is 15.7. The van der Waals surface area contributed by atoms with Gasteiger partial charge in [-0.15, -0.1) is 0 Å². The SMILES string of the molecule is CN[C@@H](CC(C)C)C(=O)N[C@H]1C(=O)N[C@H](CC(N)=O)C(=O)N[C@H]2C(=O)N[C@@H]3C(=O)NC(C(=O)N[C@@H](C(=O)O)c4cc(O)cc(O)c4-c4cc3ccc4O)[C@H](O[C@@H]3C[C@@](C)(N)C(=O)[C@@H](C)O3)c3ccc(c(Cl)c3)Oc3cc2cc(c3O[C@@H]2O[C@@H](CO)[C@H](O)[C@H](O)[C@H]2O)Oc2ccc(cc2Cl)[C@H]1O. The van der Waals surface area contributed by atoms with Crippen LogP contribution in [0.3, 0.4) is 0 Å². The van der Waals surface area contributed by atoms with Gasteiger partial charge in [0.2, 0.25) is 53.4 Å². The van der Waals surface area contributed by atoms with Crippen LogP contribution in [-0.4, -0.2) is 186 Å². The number of aromatic hydroxyl groups is 3. The van der Waals surface area contributed by atoms with E-state index in [-0.39, 0.29) is 39.8 Å². The Kier molecular flexibility index (Phi) is 22.0. The minimum atomic E-state index is -2.35. The molecule has 5 aromatic carbocycles. The number of phenolic OH excluding ortho intramolecular Hbond substituents is 3. The molecule has 7 amide bonds. The van der Waals surface area contributed by atoms with Crippen LogP contribution in [0.15, 0.2) is 78.9 Å². The lowest BCUT2D eigenvalue weighted by molar-refractivity contribution is -0.277. The number of halogens is 2. The number of aliphatic hydroxyl groups is 5. The van der Waals surface area contributed by atoms with Crippen molar-refractivity contribution >= 4 is 76.3 Å². The maximum Gasteiger partial charge on any atom is 0.330 e. The number of fused-ring (bicyclic) bond motifs is 15. The van der Waals surface area contributed by atoms with Crippen molar-refractivity contribution < 1.29 is 118 Å². The Morgan fingerprint density at radius 1 is 0.713 bits per heavy atom. The van der Waals surface area contributed by atoms with Crippen LogP contribution in [0.5, 0.6) is 46.0 Å². The van der Waals surface area contributed by atoms with Crippen LogP contribution in [0.2, 0.25) is 10.0 Å². The number of ether oxygens (including phenoxy) is 6. The third-order valence-electron chi connectivity index (χ3n) is 17.5. The number of Topliss-reactive ketones (excluding diaryl/α,β-unsaturated/α-hetero) is 1. The lowest BCUT2D eigenvalue weighted by Crippen LogP contribution is -2.60. The topological polar surface area (TPSA) is 527 Å². The van der Waals surface area contributed by atoms with Gasteiger partial charge in [0.1, 0.15) is 102 Å². The number of phenols is 3. The predicted octanol–water partition coefficient (Wildman–Crippen LogP) is 0.314. The summed E-state index contributed by atoms with van der Waals surface area (Å²) in [6.45, 7) is 5.40. The smallest absolute Gasteiger partial charge is 0.330 e. The number of carbonyl (C=O) groups is 9. The number of aliphatic hydroxyl groups excluding tert-OH is 5. The van der Waals surface area contributed by atoms with Gasteiger partial charge in [0.05, 0.1) is 34.7 Å². The molecule has 1 unspecified atom stereocenters. The van der Waals surface area contributed by atoms with Gasteiger partial charge >= 0.3 is 5.97 Å². The Morgan fingerprint density at radius 3 is 1.93 bits per heavy atom. The van der Waals surface area contributed by atoms with Crippen LogP contribution in [-0.2, 0) is 57.4 Å². The van der Waals surface area contributed by atoms with Crippen LogP contribution in [0, 0.1) is 5.92 Å². The summed E-state index contributed by atoms with van der Waals surface area (Å²) in [6.07, 6.45) is -18.1. The molecule has 35 heteroatoms. The number of carbonyl (C=O) groups excluding carboxylic acids is 8. The molecule has 12 rings (SSSR count). The number of ketones is 1. The quantitative estimate of drug-likeness (QED) is 0.0754. The van der Waals surface area contributed by atoms with Crippen LogP contribution < -0.4 is 62.9 Å². The van der Waals surface area contributed by atoms with E-state index in [1.165, 1.54) is 39.1 Å². The van der Waals surface area contributed by atoms with E-state index in [1.54, 1.807) is 0 Å². The second-order valence-corrected chi connectivity index (χ2v) is 26.3. The summed E-state index contributed by atoms with van der Waals surface area (Å²) in [6, 6.07) is -0.561. The van der Waals surface area contributed by atoms with Gasteiger partial charge in [0.25, 0.3) is 0 Å². The number of likely N-dealkylation sites (N-methyl/N-ethyl adjacent to an activating group) is 1. The van der Waals surface area contributed by atoms with Crippen LogP contribution >= 0.6 is 23.2 Å². The molecule has 0 saturated carbocycles. The number of primary amides is 1. The minimum absolute atomic E-state index is 0.0975. The summed E-state index contributed by atoms with van der Waals surface area (Å²) in [7, 11) is 1.47. The van der Waals surface area contributed by atoms with E-state index < -0.39 is 243 Å². The summed E-state index contributed by atoms with van der Waals surface area (Å²) < 4.78 is 37.8. The maximum atomic E-state index is 16.1. The monoisotopic (exact) mass is 1450 g/mol. The minimum Gasteiger partial charge on any atom is -0.508 e. The van der Waals surface area contributed by atoms with E-state index in [2.05, 4.69) is 37.2 Å². The first-order valence-corrected chi connectivity index (χ1v) is 32.2. The number of aliphatic carboxylic acids is 1. The molecule has 0 aliphatic carbocycles. The van der Waals surface area contributed by atoms with E-state index in [1.807, 2.05) is 13.8 Å². The van der Waals surface area contributed by atoms with E-state index >= 15 is 19.2 Å². The van der Waals surface area contributed by atoms with Gasteiger partial charge in [0, 0.05) is 29.2 Å². The van der Waals surface area contributed by atoms with Crippen LogP contribution in [0.25, 0.3) is 11.1 Å². The second kappa shape index (κ2) is 30.0. The Morgan fingerprint density at radius 2 is 1.33 bits per heavy atom. The molecular formula is C66H73Cl2N9O24. The van der Waals surface area contributed by atoms with Crippen LogP contribution in [0.1, 0.15) is 105 Å². The van der Waals surface area contributed by atoms with Gasteiger partial charge in [-0.25, -0.2) is 4.79 Å². The highest BCUT2D eigenvalue weighted by molar-refractivity contribution is 6.32. The van der Waals surface area contributed by atoms with Crippen molar-refractivity contribution in [3.63, 3.8) is 0 Å². The maximum absolute atomic E-state index is 16.1. The van der Waals surface area contributed by atoms with E-state index in [4.69, 9.17) is 63.1 Å². The Labute approximate surface area is 583 Å². The average Bonchev–Trinajstić information content (AvgIpc) is 0.770. The van der Waals surface area contributed by atoms with E-state index in [9.17, 15) is 69.9 Å². The largest absolute Gasteiger partial charge is 0.508 e. The summed E-state index contributed by atoms with van der Waals surface area (Å²) in [5, 5.41) is 118. The molecule has 17 atom stereocenters. The summed E-state index contributed by atoms with van der Waals surface area (Å²) in [5.41, 5.74) is 7.78. The molecule has 0 aromatic heterocycles. The Hall–Kier alpha value is -9.49.